The van der Waals surface area contributed by atoms with Crippen LogP contribution in [-0.2, 0) is 6.54 Å². The molecule has 0 amide bonds. The fourth-order valence-corrected chi connectivity index (χ4v) is 3.33. The summed E-state index contributed by atoms with van der Waals surface area (Å²) in [5.74, 6) is 1.52. The van der Waals surface area contributed by atoms with Gasteiger partial charge in [0, 0.05) is 30.7 Å². The maximum atomic E-state index is 6.02. The number of nitrogens with zero attached hydrogens (tertiary/aromatic N) is 2. The van der Waals surface area contributed by atoms with Gasteiger partial charge in [-0.1, -0.05) is 0 Å². The first-order valence-electron chi connectivity index (χ1n) is 5.19. The van der Waals surface area contributed by atoms with Gasteiger partial charge in [-0.2, -0.15) is 0 Å². The second-order valence-electron chi connectivity index (χ2n) is 4.45. The fraction of sp³-hybridized carbons (Fsp3) is 0.700. The monoisotopic (exact) mass is 209 g/mol. The summed E-state index contributed by atoms with van der Waals surface area (Å²) < 4.78 is 0. The number of nitrogens with two attached hydrogens (primary N) is 1. The number of aromatic nitrogens is 1. The number of hydrogen-bond donors (Lipinski definition) is 1. The van der Waals surface area contributed by atoms with Gasteiger partial charge in [0.15, 0.2) is 0 Å². The normalized spacial score (nSPS) is 36.8. The van der Waals surface area contributed by atoms with E-state index in [1.54, 1.807) is 11.3 Å². The number of thiazole rings is 1. The molecule has 2 N–H and O–H groups in total. The van der Waals surface area contributed by atoms with E-state index in [0.717, 1.165) is 18.4 Å². The van der Waals surface area contributed by atoms with E-state index in [0.29, 0.717) is 6.04 Å². The summed E-state index contributed by atoms with van der Waals surface area (Å²) in [5.41, 5.74) is 6.02. The zero-order valence-corrected chi connectivity index (χ0v) is 8.91. The molecule has 2 saturated heterocycles. The highest BCUT2D eigenvalue weighted by atomic mass is 32.1. The van der Waals surface area contributed by atoms with Crippen LogP contribution < -0.4 is 5.73 Å². The van der Waals surface area contributed by atoms with Crippen molar-refractivity contribution in [3.63, 3.8) is 0 Å². The van der Waals surface area contributed by atoms with Crippen molar-refractivity contribution >= 4 is 11.3 Å². The smallest absolute Gasteiger partial charge is 0.107 e. The lowest BCUT2D eigenvalue weighted by molar-refractivity contribution is -0.00142. The van der Waals surface area contributed by atoms with Gasteiger partial charge in [0.2, 0.25) is 0 Å². The Kier molecular flexibility index (Phi) is 2.08. The van der Waals surface area contributed by atoms with Crippen LogP contribution in [0.4, 0.5) is 0 Å². The van der Waals surface area contributed by atoms with E-state index in [-0.39, 0.29) is 0 Å². The predicted octanol–water partition coefficient (Wildman–Crippen LogP) is 0.922. The summed E-state index contributed by atoms with van der Waals surface area (Å²) in [5, 5.41) is 3.28. The second kappa shape index (κ2) is 3.29. The molecule has 4 rings (SSSR count). The lowest BCUT2D eigenvalue weighted by Crippen LogP contribution is -2.61. The van der Waals surface area contributed by atoms with Crippen LogP contribution in [0.25, 0.3) is 0 Å². The Morgan fingerprint density at radius 2 is 2.29 bits per heavy atom. The zero-order chi connectivity index (χ0) is 9.54. The van der Waals surface area contributed by atoms with Crippen LogP contribution in [-0.4, -0.2) is 29.0 Å². The average molecular weight is 209 g/mol. The third-order valence-corrected chi connectivity index (χ3v) is 4.29. The zero-order valence-electron chi connectivity index (χ0n) is 8.10. The lowest BCUT2D eigenvalue weighted by Gasteiger charge is -2.52. The summed E-state index contributed by atoms with van der Waals surface area (Å²) in [4.78, 5) is 6.82. The Balaban J connectivity index is 1.61. The molecule has 76 valence electrons. The molecular weight excluding hydrogens is 194 g/mol. The first-order valence-corrected chi connectivity index (χ1v) is 6.07. The molecule has 4 heteroatoms. The van der Waals surface area contributed by atoms with Gasteiger partial charge in [-0.15, -0.1) is 11.3 Å². The Morgan fingerprint density at radius 1 is 1.50 bits per heavy atom. The number of hydrogen-bond acceptors (Lipinski definition) is 4. The molecule has 2 atom stereocenters. The Morgan fingerprint density at radius 3 is 2.86 bits per heavy atom. The van der Waals surface area contributed by atoms with Crippen molar-refractivity contribution in [1.82, 2.24) is 9.88 Å². The Bertz CT molecular complexity index is 299. The van der Waals surface area contributed by atoms with Gasteiger partial charge in [0.1, 0.15) is 5.01 Å². The number of piperidine rings is 2. The van der Waals surface area contributed by atoms with Crippen LogP contribution >= 0.6 is 11.3 Å². The summed E-state index contributed by atoms with van der Waals surface area (Å²) in [6.07, 6.45) is 3.24. The molecule has 3 nitrogen and oxygen atoms in total. The Hall–Kier alpha value is -0.450. The molecule has 2 aliphatic heterocycles. The van der Waals surface area contributed by atoms with Crippen molar-refractivity contribution in [2.24, 2.45) is 17.6 Å². The van der Waals surface area contributed by atoms with Gasteiger partial charge in [0.05, 0.1) is 6.54 Å². The minimum Gasteiger partial charge on any atom is -0.327 e. The first kappa shape index (κ1) is 8.83. The SMILES string of the molecule is NC1C2CC1CN(Cc1nccs1)C2. The van der Waals surface area contributed by atoms with Crippen molar-refractivity contribution < 1.29 is 0 Å². The molecule has 0 spiro atoms. The summed E-state index contributed by atoms with van der Waals surface area (Å²) in [6.45, 7) is 3.38. The molecule has 1 saturated carbocycles. The summed E-state index contributed by atoms with van der Waals surface area (Å²) >= 11 is 1.75. The topological polar surface area (TPSA) is 42.1 Å². The Labute approximate surface area is 87.9 Å². The van der Waals surface area contributed by atoms with Crippen molar-refractivity contribution in [1.29, 1.82) is 0 Å². The largest absolute Gasteiger partial charge is 0.327 e. The minimum absolute atomic E-state index is 0.488. The molecule has 0 radical (unpaired) electrons. The van der Waals surface area contributed by atoms with Gasteiger partial charge in [-0.3, -0.25) is 4.90 Å². The highest BCUT2D eigenvalue weighted by molar-refractivity contribution is 7.09. The molecule has 3 heterocycles. The van der Waals surface area contributed by atoms with Crippen LogP contribution in [0.2, 0.25) is 0 Å². The van der Waals surface area contributed by atoms with Crippen molar-refractivity contribution in [3.05, 3.63) is 16.6 Å². The van der Waals surface area contributed by atoms with Crippen LogP contribution in [0.3, 0.4) is 0 Å². The first-order chi connectivity index (χ1) is 6.83. The fourth-order valence-electron chi connectivity index (χ4n) is 2.67. The van der Waals surface area contributed by atoms with Crippen molar-refractivity contribution in [2.45, 2.75) is 19.0 Å². The molecule has 2 unspecified atom stereocenters. The van der Waals surface area contributed by atoms with E-state index in [9.17, 15) is 0 Å². The van der Waals surface area contributed by atoms with E-state index in [1.165, 1.54) is 24.5 Å². The predicted molar refractivity (Wildman–Crippen MR) is 57.0 cm³/mol. The number of fused-ring (bicyclic) bond motifs is 2. The van der Waals surface area contributed by atoms with E-state index in [4.69, 9.17) is 5.73 Å². The van der Waals surface area contributed by atoms with E-state index < -0.39 is 0 Å². The number of rotatable bonds is 2. The van der Waals surface area contributed by atoms with E-state index in [2.05, 4.69) is 9.88 Å². The maximum absolute atomic E-state index is 6.02. The third-order valence-electron chi connectivity index (χ3n) is 3.52. The quantitative estimate of drug-likeness (QED) is 0.787. The molecule has 14 heavy (non-hydrogen) atoms. The highest BCUT2D eigenvalue weighted by Gasteiger charge is 2.44. The average Bonchev–Trinajstić information content (AvgIpc) is 2.70. The van der Waals surface area contributed by atoms with E-state index >= 15 is 0 Å². The van der Waals surface area contributed by atoms with Crippen LogP contribution in [0, 0.1) is 11.8 Å². The molecule has 2 bridgehead atoms. The van der Waals surface area contributed by atoms with Gasteiger partial charge >= 0.3 is 0 Å². The van der Waals surface area contributed by atoms with Gasteiger partial charge in [-0.05, 0) is 18.3 Å². The van der Waals surface area contributed by atoms with Crippen molar-refractivity contribution in [2.75, 3.05) is 13.1 Å². The molecular formula is C10H15N3S. The van der Waals surface area contributed by atoms with E-state index in [1.807, 2.05) is 11.6 Å². The molecule has 1 aromatic heterocycles. The van der Waals surface area contributed by atoms with Gasteiger partial charge < -0.3 is 5.73 Å². The van der Waals surface area contributed by atoms with Crippen LogP contribution in [0.1, 0.15) is 11.4 Å². The second-order valence-corrected chi connectivity index (χ2v) is 5.43. The van der Waals surface area contributed by atoms with Crippen LogP contribution in [0.15, 0.2) is 11.6 Å². The van der Waals surface area contributed by atoms with Crippen molar-refractivity contribution in [3.8, 4) is 0 Å². The molecule has 1 aromatic rings. The lowest BCUT2D eigenvalue weighted by atomic mass is 9.67. The van der Waals surface area contributed by atoms with Gasteiger partial charge in [0.25, 0.3) is 0 Å². The third kappa shape index (κ3) is 1.38. The maximum Gasteiger partial charge on any atom is 0.107 e. The molecule has 1 aliphatic carbocycles. The highest BCUT2D eigenvalue weighted by Crippen LogP contribution is 2.38. The molecule has 3 aliphatic rings. The summed E-state index contributed by atoms with van der Waals surface area (Å²) in [6, 6.07) is 0.488. The van der Waals surface area contributed by atoms with Gasteiger partial charge in [-0.25, -0.2) is 4.98 Å². The summed E-state index contributed by atoms with van der Waals surface area (Å²) in [7, 11) is 0. The minimum atomic E-state index is 0.488. The molecule has 3 fully saturated rings. The molecule has 0 aromatic carbocycles. The standard InChI is InChI=1S/C10H15N3S/c11-10-7-3-8(10)5-13(4-7)6-9-12-1-2-14-9/h1-2,7-8,10H,3-6,11H2. The van der Waals surface area contributed by atoms with Crippen LogP contribution in [0.5, 0.6) is 0 Å².